The van der Waals surface area contributed by atoms with E-state index in [0.717, 1.165) is 11.8 Å². The number of amides is 2. The molecule has 8 nitrogen and oxygen atoms in total. The van der Waals surface area contributed by atoms with Gasteiger partial charge in [0, 0.05) is 17.2 Å². The summed E-state index contributed by atoms with van der Waals surface area (Å²) in [5, 5.41) is 16.0. The number of rotatable bonds is 7. The molecule has 0 aliphatic carbocycles. The molecule has 0 radical (unpaired) electrons. The number of carbonyl (C=O) groups is 3. The van der Waals surface area contributed by atoms with Crippen LogP contribution in [0.15, 0.2) is 53.1 Å². The number of esters is 1. The lowest BCUT2D eigenvalue weighted by Crippen LogP contribution is -2.44. The number of methoxy groups -OCH3 is 2. The largest absolute Gasteiger partial charge is 0.496 e. The van der Waals surface area contributed by atoms with E-state index in [2.05, 4.69) is 16.7 Å². The molecule has 0 spiro atoms. The monoisotopic (exact) mass is 519 g/mol. The van der Waals surface area contributed by atoms with Crippen molar-refractivity contribution in [2.45, 2.75) is 5.92 Å². The third-order valence-corrected chi connectivity index (χ3v) is 6.76. The number of benzene rings is 2. The van der Waals surface area contributed by atoms with Crippen LogP contribution in [0.1, 0.15) is 11.5 Å². The molecule has 2 atom stereocenters. The summed E-state index contributed by atoms with van der Waals surface area (Å²) >= 11 is 12.8. The molecule has 34 heavy (non-hydrogen) atoms. The van der Waals surface area contributed by atoms with Crippen LogP contribution < -0.4 is 15.4 Å². The van der Waals surface area contributed by atoms with Gasteiger partial charge in [-0.2, -0.15) is 5.26 Å². The minimum Gasteiger partial charge on any atom is -0.496 e. The van der Waals surface area contributed by atoms with Crippen molar-refractivity contribution in [2.24, 2.45) is 5.92 Å². The fourth-order valence-corrected chi connectivity index (χ4v) is 4.63. The summed E-state index contributed by atoms with van der Waals surface area (Å²) in [4.78, 5) is 37.9. The number of carbonyl (C=O) groups excluding carboxylic acids is 3. The van der Waals surface area contributed by atoms with Gasteiger partial charge in [-0.25, -0.2) is 0 Å². The van der Waals surface area contributed by atoms with Gasteiger partial charge in [0.25, 0.3) is 0 Å². The van der Waals surface area contributed by atoms with E-state index >= 15 is 0 Å². The van der Waals surface area contributed by atoms with Crippen molar-refractivity contribution < 1.29 is 23.9 Å². The van der Waals surface area contributed by atoms with Crippen molar-refractivity contribution >= 4 is 58.4 Å². The topological polar surface area (TPSA) is 118 Å². The van der Waals surface area contributed by atoms with Crippen molar-refractivity contribution in [3.05, 3.63) is 68.7 Å². The summed E-state index contributed by atoms with van der Waals surface area (Å²) in [7, 11) is 2.62. The van der Waals surface area contributed by atoms with Gasteiger partial charge in [-0.3, -0.25) is 14.4 Å². The van der Waals surface area contributed by atoms with Crippen molar-refractivity contribution in [1.29, 1.82) is 5.26 Å². The lowest BCUT2D eigenvalue weighted by Gasteiger charge is -2.31. The summed E-state index contributed by atoms with van der Waals surface area (Å²) in [5.41, 5.74) is 1.04. The number of para-hydroxylation sites is 1. The first-order chi connectivity index (χ1) is 16.3. The summed E-state index contributed by atoms with van der Waals surface area (Å²) in [5.74, 6) is -3.80. The molecule has 2 aromatic carbocycles. The molecule has 11 heteroatoms. The van der Waals surface area contributed by atoms with Crippen LogP contribution >= 0.6 is 35.0 Å². The predicted molar refractivity (Wildman–Crippen MR) is 130 cm³/mol. The first-order valence-corrected chi connectivity index (χ1v) is 11.6. The van der Waals surface area contributed by atoms with E-state index in [4.69, 9.17) is 32.7 Å². The zero-order valence-electron chi connectivity index (χ0n) is 18.1. The maximum atomic E-state index is 12.9. The normalized spacial score (nSPS) is 17.4. The highest BCUT2D eigenvalue weighted by Crippen LogP contribution is 2.43. The molecular formula is C23H19Cl2N3O5S. The number of anilines is 1. The van der Waals surface area contributed by atoms with Crippen LogP contribution in [0, 0.1) is 17.2 Å². The van der Waals surface area contributed by atoms with Crippen LogP contribution in [0.25, 0.3) is 0 Å². The lowest BCUT2D eigenvalue weighted by atomic mass is 9.78. The molecular weight excluding hydrogens is 501 g/mol. The molecule has 1 aliphatic rings. The second kappa shape index (κ2) is 11.3. The van der Waals surface area contributed by atoms with E-state index in [1.54, 1.807) is 36.4 Å². The van der Waals surface area contributed by atoms with E-state index < -0.39 is 29.6 Å². The molecule has 176 valence electrons. The first-order valence-electron chi connectivity index (χ1n) is 9.84. The van der Waals surface area contributed by atoms with Crippen LogP contribution in [0.3, 0.4) is 0 Å². The van der Waals surface area contributed by atoms with Gasteiger partial charge in [0.1, 0.15) is 11.7 Å². The second-order valence-corrected chi connectivity index (χ2v) is 8.83. The van der Waals surface area contributed by atoms with Gasteiger partial charge in [0.15, 0.2) is 0 Å². The Bertz CT molecular complexity index is 1210. The van der Waals surface area contributed by atoms with Crippen molar-refractivity contribution in [1.82, 2.24) is 5.32 Å². The molecule has 0 saturated carbocycles. The van der Waals surface area contributed by atoms with Gasteiger partial charge >= 0.3 is 5.97 Å². The van der Waals surface area contributed by atoms with E-state index in [0.29, 0.717) is 22.0 Å². The van der Waals surface area contributed by atoms with Gasteiger partial charge in [-0.1, -0.05) is 53.2 Å². The van der Waals surface area contributed by atoms with Gasteiger partial charge in [-0.05, 0) is 24.3 Å². The number of nitrogens with zero attached hydrogens (tertiary/aromatic N) is 1. The molecule has 3 rings (SSSR count). The number of thioether (sulfide) groups is 1. The van der Waals surface area contributed by atoms with E-state index in [-0.39, 0.29) is 21.4 Å². The first kappa shape index (κ1) is 25.4. The molecule has 2 aromatic rings. The Hall–Kier alpha value is -3.19. The second-order valence-electron chi connectivity index (χ2n) is 7.03. The Kier molecular flexibility index (Phi) is 8.45. The number of hydrogen-bond donors (Lipinski definition) is 2. The number of nitriles is 1. The summed E-state index contributed by atoms with van der Waals surface area (Å²) in [6.45, 7) is 0. The fraction of sp³-hybridized carbons (Fsp3) is 0.217. The summed E-state index contributed by atoms with van der Waals surface area (Å²) in [6, 6.07) is 13.5. The zero-order valence-corrected chi connectivity index (χ0v) is 20.4. The zero-order chi connectivity index (χ0) is 24.8. The highest BCUT2D eigenvalue weighted by atomic mass is 35.5. The third-order valence-electron chi connectivity index (χ3n) is 5.01. The summed E-state index contributed by atoms with van der Waals surface area (Å²) < 4.78 is 10.2. The summed E-state index contributed by atoms with van der Waals surface area (Å²) in [6.07, 6.45) is 0. The molecule has 2 N–H and O–H groups in total. The number of halogens is 2. The molecule has 1 aliphatic heterocycles. The molecule has 0 unspecified atom stereocenters. The predicted octanol–water partition coefficient (Wildman–Crippen LogP) is 4.11. The van der Waals surface area contributed by atoms with E-state index in [1.165, 1.54) is 20.3 Å². The van der Waals surface area contributed by atoms with Gasteiger partial charge in [0.2, 0.25) is 11.8 Å². The Morgan fingerprint density at radius 1 is 1.18 bits per heavy atom. The lowest BCUT2D eigenvalue weighted by molar-refractivity contribution is -0.150. The number of hydrogen-bond acceptors (Lipinski definition) is 7. The molecule has 1 heterocycles. The molecule has 0 fully saturated rings. The maximum Gasteiger partial charge on any atom is 0.319 e. The van der Waals surface area contributed by atoms with E-state index in [1.807, 2.05) is 0 Å². The van der Waals surface area contributed by atoms with Crippen molar-refractivity contribution in [3.63, 3.8) is 0 Å². The number of nitrogens with one attached hydrogen (secondary N) is 2. The third kappa shape index (κ3) is 5.47. The Morgan fingerprint density at radius 3 is 2.56 bits per heavy atom. The number of ether oxygens (including phenoxy) is 2. The molecule has 0 aromatic heterocycles. The van der Waals surface area contributed by atoms with Crippen LogP contribution in [-0.2, 0) is 19.1 Å². The van der Waals surface area contributed by atoms with E-state index in [9.17, 15) is 19.6 Å². The van der Waals surface area contributed by atoms with Crippen LogP contribution in [0.4, 0.5) is 5.69 Å². The Balaban J connectivity index is 1.92. The highest BCUT2D eigenvalue weighted by Gasteiger charge is 2.45. The smallest absolute Gasteiger partial charge is 0.319 e. The average Bonchev–Trinajstić information content (AvgIpc) is 2.84. The highest BCUT2D eigenvalue weighted by molar-refractivity contribution is 8.03. The van der Waals surface area contributed by atoms with Gasteiger partial charge in [0.05, 0.1) is 46.7 Å². The Morgan fingerprint density at radius 2 is 1.91 bits per heavy atom. The quantitative estimate of drug-likeness (QED) is 0.417. The SMILES string of the molecule is COC(=O)[C@@H]1C(=O)NC(SCC(=O)Nc2ccc(Cl)c(Cl)c2)=C(C#N)[C@H]1c1ccccc1OC. The molecule has 0 saturated heterocycles. The molecule has 2 amide bonds. The number of allylic oxidation sites excluding steroid dienone is 1. The fourth-order valence-electron chi connectivity index (χ4n) is 3.49. The Labute approximate surface area is 210 Å². The van der Waals surface area contributed by atoms with Crippen LogP contribution in [-0.4, -0.2) is 37.8 Å². The van der Waals surface area contributed by atoms with Gasteiger partial charge in [-0.15, -0.1) is 0 Å². The van der Waals surface area contributed by atoms with Crippen LogP contribution in [0.2, 0.25) is 10.0 Å². The minimum absolute atomic E-state index is 0.117. The van der Waals surface area contributed by atoms with Crippen molar-refractivity contribution in [2.75, 3.05) is 25.3 Å². The minimum atomic E-state index is -1.30. The molecule has 0 bridgehead atoms. The van der Waals surface area contributed by atoms with Crippen molar-refractivity contribution in [3.8, 4) is 11.8 Å². The maximum absolute atomic E-state index is 12.9. The average molecular weight is 520 g/mol. The van der Waals surface area contributed by atoms with Gasteiger partial charge < -0.3 is 20.1 Å². The standard InChI is InChI=1S/C23H19Cl2N3O5S/c1-32-17-6-4-3-5-13(17)19-14(10-26)22(28-21(30)20(19)23(31)33-2)34-11-18(29)27-12-7-8-15(24)16(25)9-12/h3-9,19-20H,11H2,1-2H3,(H,27,29)(H,28,30)/t19-,20+/m1/s1. The van der Waals surface area contributed by atoms with Crippen LogP contribution in [0.5, 0.6) is 5.75 Å².